The number of anilines is 2. The van der Waals surface area contributed by atoms with Gasteiger partial charge >= 0.3 is 12.5 Å². The average Bonchev–Trinajstić information content (AvgIpc) is 3.20. The maximum atomic E-state index is 12.7. The number of amides is 2. The van der Waals surface area contributed by atoms with E-state index in [-0.39, 0.29) is 17.9 Å². The lowest BCUT2D eigenvalue weighted by atomic mass is 10.0. The smallest absolute Gasteiger partial charge is 0.447 e. The molecule has 2 amide bonds. The Labute approximate surface area is 179 Å². The molecule has 4 rings (SSSR count). The van der Waals surface area contributed by atoms with Crippen LogP contribution in [0.15, 0.2) is 61.2 Å². The highest BCUT2D eigenvalue weighted by Crippen LogP contribution is 2.33. The minimum absolute atomic E-state index is 0.250. The molecule has 0 atom stereocenters. The van der Waals surface area contributed by atoms with Crippen molar-refractivity contribution in [2.75, 3.05) is 23.4 Å². The summed E-state index contributed by atoms with van der Waals surface area (Å²) in [5.41, 5.74) is 2.21. The Balaban J connectivity index is 1.59. The molecule has 2 heterocycles. The van der Waals surface area contributed by atoms with Crippen LogP contribution in [0, 0.1) is 0 Å². The van der Waals surface area contributed by atoms with Crippen LogP contribution < -0.4 is 15.0 Å². The first kappa shape index (κ1) is 21.1. The minimum atomic E-state index is -4.80. The van der Waals surface area contributed by atoms with Crippen molar-refractivity contribution in [1.82, 2.24) is 9.97 Å². The van der Waals surface area contributed by atoms with Crippen LogP contribution in [0.3, 0.4) is 0 Å². The molecule has 1 fully saturated rings. The highest BCUT2D eigenvalue weighted by molar-refractivity contribution is 6.06. The van der Waals surface area contributed by atoms with E-state index in [2.05, 4.69) is 20.0 Å². The first-order valence-corrected chi connectivity index (χ1v) is 9.31. The zero-order chi connectivity index (χ0) is 22.7. The summed E-state index contributed by atoms with van der Waals surface area (Å²) in [6.45, 7) is 0.608. The van der Waals surface area contributed by atoms with E-state index in [1.165, 1.54) is 29.4 Å². The molecule has 1 saturated heterocycles. The Bertz CT molecular complexity index is 1140. The van der Waals surface area contributed by atoms with Gasteiger partial charge in [-0.2, -0.15) is 0 Å². The van der Waals surface area contributed by atoms with Crippen LogP contribution in [0.5, 0.6) is 5.75 Å². The Morgan fingerprint density at radius 2 is 1.81 bits per heavy atom. The number of carbonyl (C=O) groups excluding carboxylic acids is 2. The molecular weight excluding hydrogens is 429 g/mol. The van der Waals surface area contributed by atoms with Crippen molar-refractivity contribution in [1.29, 1.82) is 0 Å². The summed E-state index contributed by atoms with van der Waals surface area (Å²) in [6, 6.07) is 9.50. The van der Waals surface area contributed by atoms with E-state index >= 15 is 0 Å². The van der Waals surface area contributed by atoms with Gasteiger partial charge in [-0.15, -0.1) is 13.2 Å². The van der Waals surface area contributed by atoms with Gasteiger partial charge in [-0.25, -0.2) is 14.8 Å². The molecule has 1 aliphatic heterocycles. The van der Waals surface area contributed by atoms with Gasteiger partial charge in [0.05, 0.1) is 12.2 Å². The van der Waals surface area contributed by atoms with E-state index in [0.717, 1.165) is 12.1 Å². The molecule has 0 bridgehead atoms. The minimum Gasteiger partial charge on any atom is -0.447 e. The van der Waals surface area contributed by atoms with E-state index in [9.17, 15) is 22.8 Å². The van der Waals surface area contributed by atoms with Gasteiger partial charge in [-0.3, -0.25) is 9.69 Å². The van der Waals surface area contributed by atoms with Crippen LogP contribution in [-0.2, 0) is 4.74 Å². The first-order valence-electron chi connectivity index (χ1n) is 9.31. The molecule has 1 aromatic heterocycles. The van der Waals surface area contributed by atoms with Gasteiger partial charge in [-0.1, -0.05) is 0 Å². The monoisotopic (exact) mass is 444 g/mol. The summed E-state index contributed by atoms with van der Waals surface area (Å²) in [4.78, 5) is 34.2. The first-order chi connectivity index (χ1) is 15.3. The molecule has 8 nitrogen and oxygen atoms in total. The summed E-state index contributed by atoms with van der Waals surface area (Å²) < 4.78 is 45.7. The van der Waals surface area contributed by atoms with Crippen LogP contribution in [0.25, 0.3) is 11.1 Å². The number of nitrogens with one attached hydrogen (secondary N) is 1. The Hall–Kier alpha value is -4.15. The van der Waals surface area contributed by atoms with Gasteiger partial charge in [0.25, 0.3) is 5.91 Å². The molecule has 1 aliphatic rings. The molecule has 0 spiro atoms. The number of rotatable bonds is 5. The van der Waals surface area contributed by atoms with Gasteiger partial charge < -0.3 is 14.8 Å². The number of hydrogen-bond acceptors (Lipinski definition) is 6. The number of benzene rings is 2. The van der Waals surface area contributed by atoms with Crippen molar-refractivity contribution in [3.8, 4) is 16.9 Å². The van der Waals surface area contributed by atoms with Crippen LogP contribution in [0.4, 0.5) is 29.3 Å². The summed E-state index contributed by atoms with van der Waals surface area (Å²) in [7, 11) is 0. The van der Waals surface area contributed by atoms with E-state index in [4.69, 9.17) is 4.74 Å². The predicted molar refractivity (Wildman–Crippen MR) is 107 cm³/mol. The molecule has 11 heteroatoms. The standard InChI is InChI=1S/C21H15F3N4O4/c22-21(23,24)32-16-4-2-15(3-5-16)27-19(29)13-1-6-18(28-7-8-31-20(28)30)17(9-13)14-10-25-12-26-11-14/h1-6,9-12H,7-8H2,(H,27,29). The summed E-state index contributed by atoms with van der Waals surface area (Å²) >= 11 is 0. The summed E-state index contributed by atoms with van der Waals surface area (Å²) in [5, 5.41) is 2.61. The van der Waals surface area contributed by atoms with E-state index in [1.54, 1.807) is 24.5 Å². The number of aromatic nitrogens is 2. The molecule has 0 radical (unpaired) electrons. The second-order valence-corrected chi connectivity index (χ2v) is 6.65. The Kier molecular flexibility index (Phi) is 5.63. The molecule has 0 saturated carbocycles. The maximum Gasteiger partial charge on any atom is 0.573 e. The van der Waals surface area contributed by atoms with Crippen LogP contribution in [0.1, 0.15) is 10.4 Å². The lowest BCUT2D eigenvalue weighted by molar-refractivity contribution is -0.274. The molecule has 32 heavy (non-hydrogen) atoms. The SMILES string of the molecule is O=C(Nc1ccc(OC(F)(F)F)cc1)c1ccc(N2CCOC2=O)c(-c2cncnc2)c1. The highest BCUT2D eigenvalue weighted by Gasteiger charge is 2.31. The number of carbonyl (C=O) groups is 2. The zero-order valence-electron chi connectivity index (χ0n) is 16.3. The number of cyclic esters (lactones) is 1. The number of halogens is 3. The second-order valence-electron chi connectivity index (χ2n) is 6.65. The largest absolute Gasteiger partial charge is 0.573 e. The van der Waals surface area contributed by atoms with Crippen LogP contribution >= 0.6 is 0 Å². The van der Waals surface area contributed by atoms with Gasteiger partial charge in [0.2, 0.25) is 0 Å². The van der Waals surface area contributed by atoms with E-state index < -0.39 is 24.1 Å². The molecule has 3 aromatic rings. The fourth-order valence-electron chi connectivity index (χ4n) is 3.14. The number of hydrogen-bond donors (Lipinski definition) is 1. The van der Waals surface area contributed by atoms with Crippen molar-refractivity contribution < 1.29 is 32.2 Å². The summed E-state index contributed by atoms with van der Waals surface area (Å²) in [6.07, 6.45) is -0.841. The lowest BCUT2D eigenvalue weighted by Crippen LogP contribution is -2.24. The van der Waals surface area contributed by atoms with Crippen molar-refractivity contribution in [3.63, 3.8) is 0 Å². The third-order valence-corrected chi connectivity index (χ3v) is 4.53. The topological polar surface area (TPSA) is 93.7 Å². The average molecular weight is 444 g/mol. The van der Waals surface area contributed by atoms with Gasteiger partial charge in [-0.05, 0) is 42.5 Å². The quantitative estimate of drug-likeness (QED) is 0.633. The fraction of sp³-hybridized carbons (Fsp3) is 0.143. The van der Waals surface area contributed by atoms with E-state index in [1.807, 2.05) is 0 Å². The zero-order valence-corrected chi connectivity index (χ0v) is 16.3. The van der Waals surface area contributed by atoms with Crippen molar-refractivity contribution in [2.45, 2.75) is 6.36 Å². The molecule has 0 aliphatic carbocycles. The second kappa shape index (κ2) is 8.53. The number of nitrogens with zero attached hydrogens (tertiary/aromatic N) is 3. The summed E-state index contributed by atoms with van der Waals surface area (Å²) in [5.74, 6) is -0.896. The van der Waals surface area contributed by atoms with Crippen LogP contribution in [-0.4, -0.2) is 41.5 Å². The Morgan fingerprint density at radius 3 is 2.44 bits per heavy atom. The maximum absolute atomic E-state index is 12.7. The number of ether oxygens (including phenoxy) is 2. The lowest BCUT2D eigenvalue weighted by Gasteiger charge is -2.18. The predicted octanol–water partition coefficient (Wildman–Crippen LogP) is 4.25. The van der Waals surface area contributed by atoms with Crippen molar-refractivity contribution >= 4 is 23.4 Å². The van der Waals surface area contributed by atoms with Gasteiger partial charge in [0.15, 0.2) is 0 Å². The molecule has 1 N–H and O–H groups in total. The van der Waals surface area contributed by atoms with Crippen molar-refractivity contribution in [2.24, 2.45) is 0 Å². The molecular formula is C21H15F3N4O4. The third kappa shape index (κ3) is 4.77. The molecule has 164 valence electrons. The van der Waals surface area contributed by atoms with Crippen LogP contribution in [0.2, 0.25) is 0 Å². The van der Waals surface area contributed by atoms with Gasteiger partial charge in [0.1, 0.15) is 18.7 Å². The number of alkyl halides is 3. The Morgan fingerprint density at radius 1 is 1.09 bits per heavy atom. The molecule has 0 unspecified atom stereocenters. The van der Waals surface area contributed by atoms with E-state index in [0.29, 0.717) is 23.4 Å². The highest BCUT2D eigenvalue weighted by atomic mass is 19.4. The fourth-order valence-corrected chi connectivity index (χ4v) is 3.14. The third-order valence-electron chi connectivity index (χ3n) is 4.53. The van der Waals surface area contributed by atoms with Crippen molar-refractivity contribution in [3.05, 3.63) is 66.7 Å². The normalized spacial score (nSPS) is 13.6. The molecule has 2 aromatic carbocycles. The van der Waals surface area contributed by atoms with Gasteiger partial charge in [0, 0.05) is 34.8 Å².